The SMILES string of the molecule is C[C@H](CNC(=O)N1CCC(n2cncn2)CC1)Cc1cccs1. The smallest absolute Gasteiger partial charge is 0.317 e. The summed E-state index contributed by atoms with van der Waals surface area (Å²) in [6.07, 6.45) is 6.20. The monoisotopic (exact) mass is 333 g/mol. The quantitative estimate of drug-likeness (QED) is 0.915. The maximum atomic E-state index is 12.3. The van der Waals surface area contributed by atoms with Crippen LogP contribution in [0.3, 0.4) is 0 Å². The molecule has 124 valence electrons. The number of hydrogen-bond acceptors (Lipinski definition) is 4. The molecule has 3 heterocycles. The Labute approximate surface area is 140 Å². The van der Waals surface area contributed by atoms with Crippen LogP contribution in [0.5, 0.6) is 0 Å². The molecule has 1 aliphatic rings. The maximum absolute atomic E-state index is 12.3. The van der Waals surface area contributed by atoms with Crippen molar-refractivity contribution in [3.8, 4) is 0 Å². The van der Waals surface area contributed by atoms with E-state index in [0.29, 0.717) is 12.0 Å². The average molecular weight is 333 g/mol. The van der Waals surface area contributed by atoms with Gasteiger partial charge < -0.3 is 10.2 Å². The second-order valence-electron chi connectivity index (χ2n) is 6.17. The minimum atomic E-state index is 0.0556. The number of carbonyl (C=O) groups is 1. The van der Waals surface area contributed by atoms with Crippen LogP contribution in [0.2, 0.25) is 0 Å². The van der Waals surface area contributed by atoms with Crippen molar-refractivity contribution in [3.63, 3.8) is 0 Å². The summed E-state index contributed by atoms with van der Waals surface area (Å²) in [7, 11) is 0. The molecule has 1 saturated heterocycles. The number of aromatic nitrogens is 3. The van der Waals surface area contributed by atoms with Crippen molar-refractivity contribution in [3.05, 3.63) is 35.0 Å². The highest BCUT2D eigenvalue weighted by Crippen LogP contribution is 2.21. The average Bonchev–Trinajstić information content (AvgIpc) is 3.26. The first-order valence-electron chi connectivity index (χ1n) is 8.11. The lowest BCUT2D eigenvalue weighted by Gasteiger charge is -2.32. The van der Waals surface area contributed by atoms with Gasteiger partial charge in [0.15, 0.2) is 0 Å². The number of thiophene rings is 1. The summed E-state index contributed by atoms with van der Waals surface area (Å²) in [5.74, 6) is 0.449. The minimum Gasteiger partial charge on any atom is -0.338 e. The van der Waals surface area contributed by atoms with Crippen LogP contribution in [-0.4, -0.2) is 45.3 Å². The van der Waals surface area contributed by atoms with Gasteiger partial charge in [-0.15, -0.1) is 11.3 Å². The fourth-order valence-corrected chi connectivity index (χ4v) is 3.83. The molecule has 23 heavy (non-hydrogen) atoms. The van der Waals surface area contributed by atoms with Gasteiger partial charge >= 0.3 is 6.03 Å². The molecule has 0 spiro atoms. The fourth-order valence-electron chi connectivity index (χ4n) is 2.96. The number of piperidine rings is 1. The van der Waals surface area contributed by atoms with E-state index in [2.05, 4.69) is 39.8 Å². The van der Waals surface area contributed by atoms with E-state index >= 15 is 0 Å². The largest absolute Gasteiger partial charge is 0.338 e. The standard InChI is InChI=1S/C16H23N5OS/c1-13(9-15-3-2-8-23-15)10-18-16(22)20-6-4-14(5-7-20)21-12-17-11-19-21/h2-3,8,11-14H,4-7,9-10H2,1H3,(H,18,22)/t13-/m0/s1. The first-order valence-corrected chi connectivity index (χ1v) is 8.99. The van der Waals surface area contributed by atoms with E-state index in [-0.39, 0.29) is 6.03 Å². The van der Waals surface area contributed by atoms with Gasteiger partial charge in [0, 0.05) is 24.5 Å². The van der Waals surface area contributed by atoms with E-state index < -0.39 is 0 Å². The van der Waals surface area contributed by atoms with Crippen molar-refractivity contribution in [1.29, 1.82) is 0 Å². The fraction of sp³-hybridized carbons (Fsp3) is 0.562. The van der Waals surface area contributed by atoms with Crippen LogP contribution in [0, 0.1) is 5.92 Å². The van der Waals surface area contributed by atoms with Crippen LogP contribution in [0.1, 0.15) is 30.7 Å². The van der Waals surface area contributed by atoms with Crippen LogP contribution in [0.15, 0.2) is 30.2 Å². The number of carbonyl (C=O) groups excluding carboxylic acids is 1. The van der Waals surface area contributed by atoms with Crippen LogP contribution < -0.4 is 5.32 Å². The number of hydrogen-bond donors (Lipinski definition) is 1. The third kappa shape index (κ3) is 4.31. The maximum Gasteiger partial charge on any atom is 0.317 e. The number of likely N-dealkylation sites (tertiary alicyclic amines) is 1. The second kappa shape index (κ2) is 7.59. The van der Waals surface area contributed by atoms with Crippen molar-refractivity contribution in [2.45, 2.75) is 32.2 Å². The molecule has 1 N–H and O–H groups in total. The molecule has 6 nitrogen and oxygen atoms in total. The highest BCUT2D eigenvalue weighted by atomic mass is 32.1. The van der Waals surface area contributed by atoms with Gasteiger partial charge in [-0.1, -0.05) is 13.0 Å². The Bertz CT molecular complexity index is 590. The van der Waals surface area contributed by atoms with Crippen LogP contribution in [0.25, 0.3) is 0 Å². The summed E-state index contributed by atoms with van der Waals surface area (Å²) in [4.78, 5) is 19.6. The number of rotatable bonds is 5. The molecule has 0 aliphatic carbocycles. The molecule has 7 heteroatoms. The second-order valence-corrected chi connectivity index (χ2v) is 7.20. The summed E-state index contributed by atoms with van der Waals surface area (Å²) < 4.78 is 1.90. The van der Waals surface area contributed by atoms with Gasteiger partial charge in [-0.3, -0.25) is 0 Å². The lowest BCUT2D eigenvalue weighted by atomic mass is 10.1. The van der Waals surface area contributed by atoms with Crippen molar-refractivity contribution in [2.24, 2.45) is 5.92 Å². The van der Waals surface area contributed by atoms with Crippen LogP contribution in [0.4, 0.5) is 4.79 Å². The molecule has 1 aliphatic heterocycles. The van der Waals surface area contributed by atoms with E-state index in [4.69, 9.17) is 0 Å². The van der Waals surface area contributed by atoms with E-state index in [9.17, 15) is 4.79 Å². The Balaban J connectivity index is 1.39. The zero-order chi connectivity index (χ0) is 16.1. The summed E-state index contributed by atoms with van der Waals surface area (Å²) in [6.45, 7) is 4.45. The van der Waals surface area contributed by atoms with Gasteiger partial charge in [0.05, 0.1) is 6.04 Å². The molecule has 0 aromatic carbocycles. The van der Waals surface area contributed by atoms with E-state index in [1.165, 1.54) is 4.88 Å². The molecular formula is C16H23N5OS. The lowest BCUT2D eigenvalue weighted by molar-refractivity contribution is 0.167. The van der Waals surface area contributed by atoms with Crippen molar-refractivity contribution in [1.82, 2.24) is 25.0 Å². The Hall–Kier alpha value is -1.89. The number of nitrogens with one attached hydrogen (secondary N) is 1. The molecule has 0 bridgehead atoms. The number of urea groups is 1. The molecule has 2 amide bonds. The molecule has 2 aromatic rings. The molecule has 2 aromatic heterocycles. The topological polar surface area (TPSA) is 63.1 Å². The van der Waals surface area contributed by atoms with Gasteiger partial charge in [-0.25, -0.2) is 14.5 Å². The van der Waals surface area contributed by atoms with Gasteiger partial charge in [0.1, 0.15) is 12.7 Å². The zero-order valence-electron chi connectivity index (χ0n) is 13.4. The Morgan fingerprint density at radius 2 is 2.30 bits per heavy atom. The zero-order valence-corrected chi connectivity index (χ0v) is 14.2. The van der Waals surface area contributed by atoms with Crippen molar-refractivity contribution >= 4 is 17.4 Å². The summed E-state index contributed by atoms with van der Waals surface area (Å²) >= 11 is 1.78. The first-order chi connectivity index (χ1) is 11.2. The number of amides is 2. The molecule has 3 rings (SSSR count). The molecule has 1 atom stereocenters. The summed E-state index contributed by atoms with van der Waals surface area (Å²) in [5, 5.41) is 9.36. The third-order valence-electron chi connectivity index (χ3n) is 4.29. The van der Waals surface area contributed by atoms with Crippen molar-refractivity contribution in [2.75, 3.05) is 19.6 Å². The molecule has 0 unspecified atom stereocenters. The highest BCUT2D eigenvalue weighted by Gasteiger charge is 2.24. The molecule has 0 radical (unpaired) electrons. The van der Waals surface area contributed by atoms with Crippen LogP contribution >= 0.6 is 11.3 Å². The normalized spacial score (nSPS) is 17.2. The first kappa shape index (κ1) is 16.0. The predicted molar refractivity (Wildman–Crippen MR) is 90.5 cm³/mol. The summed E-state index contributed by atoms with van der Waals surface area (Å²) in [5.41, 5.74) is 0. The van der Waals surface area contributed by atoms with Gasteiger partial charge in [0.25, 0.3) is 0 Å². The molecular weight excluding hydrogens is 310 g/mol. The Morgan fingerprint density at radius 1 is 1.48 bits per heavy atom. The van der Waals surface area contributed by atoms with E-state index in [1.54, 1.807) is 24.0 Å². The minimum absolute atomic E-state index is 0.0556. The van der Waals surface area contributed by atoms with E-state index in [0.717, 1.165) is 38.9 Å². The number of nitrogens with zero attached hydrogens (tertiary/aromatic N) is 4. The molecule has 1 fully saturated rings. The summed E-state index contributed by atoms with van der Waals surface area (Å²) in [6, 6.07) is 4.64. The molecule has 0 saturated carbocycles. The van der Waals surface area contributed by atoms with Crippen LogP contribution in [-0.2, 0) is 6.42 Å². The Kier molecular flexibility index (Phi) is 5.27. The predicted octanol–water partition coefficient (Wildman–Crippen LogP) is 2.56. The van der Waals surface area contributed by atoms with Crippen molar-refractivity contribution < 1.29 is 4.79 Å². The highest BCUT2D eigenvalue weighted by molar-refractivity contribution is 7.09. The Morgan fingerprint density at radius 3 is 2.96 bits per heavy atom. The third-order valence-corrected chi connectivity index (χ3v) is 5.19. The lowest BCUT2D eigenvalue weighted by Crippen LogP contribution is -2.45. The van der Waals surface area contributed by atoms with Gasteiger partial charge in [-0.05, 0) is 36.6 Å². The van der Waals surface area contributed by atoms with E-state index in [1.807, 2.05) is 9.58 Å². The van der Waals surface area contributed by atoms with Gasteiger partial charge in [-0.2, -0.15) is 5.10 Å². The van der Waals surface area contributed by atoms with Gasteiger partial charge in [0.2, 0.25) is 0 Å².